The van der Waals surface area contributed by atoms with E-state index in [0.29, 0.717) is 6.04 Å². The van der Waals surface area contributed by atoms with Crippen molar-refractivity contribution in [3.8, 4) is 0 Å². The van der Waals surface area contributed by atoms with Gasteiger partial charge in [0, 0.05) is 6.20 Å². The van der Waals surface area contributed by atoms with Gasteiger partial charge >= 0.3 is 0 Å². The van der Waals surface area contributed by atoms with Gasteiger partial charge in [-0.15, -0.1) is 10.2 Å². The number of fused-ring (bicyclic) bond motifs is 1. The standard InChI is InChI=1S/C12H15ClN4/c1-16-7-3-2-4-10(16)12-15-14-11-6-5-9(13)8-17(11)12/h5-6,8,10H,2-4,7H2,1H3. The summed E-state index contributed by atoms with van der Waals surface area (Å²) < 4.78 is 2.01. The van der Waals surface area contributed by atoms with Crippen LogP contribution in [0.4, 0.5) is 0 Å². The van der Waals surface area contributed by atoms with Crippen LogP contribution < -0.4 is 0 Å². The molecule has 1 fully saturated rings. The zero-order chi connectivity index (χ0) is 11.8. The zero-order valence-corrected chi connectivity index (χ0v) is 10.6. The van der Waals surface area contributed by atoms with E-state index in [4.69, 9.17) is 11.6 Å². The third kappa shape index (κ3) is 1.91. The van der Waals surface area contributed by atoms with E-state index in [-0.39, 0.29) is 0 Å². The van der Waals surface area contributed by atoms with Gasteiger partial charge in [-0.05, 0) is 38.6 Å². The second kappa shape index (κ2) is 4.27. The summed E-state index contributed by atoms with van der Waals surface area (Å²) >= 11 is 6.03. The van der Waals surface area contributed by atoms with E-state index < -0.39 is 0 Å². The summed E-state index contributed by atoms with van der Waals surface area (Å²) in [6, 6.07) is 4.11. The molecule has 0 radical (unpaired) electrons. The lowest BCUT2D eigenvalue weighted by molar-refractivity contribution is 0.178. The molecule has 3 heterocycles. The van der Waals surface area contributed by atoms with Crippen LogP contribution in [0.2, 0.25) is 5.02 Å². The van der Waals surface area contributed by atoms with Crippen molar-refractivity contribution in [1.29, 1.82) is 0 Å². The molecule has 0 aliphatic carbocycles. The Labute approximate surface area is 105 Å². The molecule has 1 unspecified atom stereocenters. The summed E-state index contributed by atoms with van der Waals surface area (Å²) in [7, 11) is 2.15. The fraction of sp³-hybridized carbons (Fsp3) is 0.500. The summed E-state index contributed by atoms with van der Waals surface area (Å²) in [6.07, 6.45) is 5.56. The van der Waals surface area contributed by atoms with Crippen molar-refractivity contribution in [3.63, 3.8) is 0 Å². The SMILES string of the molecule is CN1CCCCC1c1nnc2ccc(Cl)cn12. The van der Waals surface area contributed by atoms with Gasteiger partial charge < -0.3 is 0 Å². The maximum absolute atomic E-state index is 6.03. The van der Waals surface area contributed by atoms with E-state index in [9.17, 15) is 0 Å². The number of nitrogens with zero attached hydrogens (tertiary/aromatic N) is 4. The number of halogens is 1. The number of hydrogen-bond donors (Lipinski definition) is 0. The Morgan fingerprint density at radius 1 is 1.29 bits per heavy atom. The van der Waals surface area contributed by atoms with E-state index in [1.807, 2.05) is 22.7 Å². The van der Waals surface area contributed by atoms with Gasteiger partial charge in [-0.1, -0.05) is 18.0 Å². The molecule has 1 atom stereocenters. The average Bonchev–Trinajstić information content (AvgIpc) is 2.72. The number of pyridine rings is 1. The molecule has 4 nitrogen and oxygen atoms in total. The van der Waals surface area contributed by atoms with Crippen LogP contribution in [0.5, 0.6) is 0 Å². The molecule has 0 bridgehead atoms. The van der Waals surface area contributed by atoms with Crippen molar-refractivity contribution in [1.82, 2.24) is 19.5 Å². The molecule has 0 N–H and O–H groups in total. The molecule has 90 valence electrons. The molecule has 0 saturated carbocycles. The molecular weight excluding hydrogens is 236 g/mol. The highest BCUT2D eigenvalue weighted by Crippen LogP contribution is 2.28. The van der Waals surface area contributed by atoms with Crippen LogP contribution in [0, 0.1) is 0 Å². The monoisotopic (exact) mass is 250 g/mol. The third-order valence-corrected chi connectivity index (χ3v) is 3.68. The second-order valence-electron chi connectivity index (χ2n) is 4.63. The van der Waals surface area contributed by atoms with Crippen LogP contribution in [0.25, 0.3) is 5.65 Å². The minimum absolute atomic E-state index is 0.359. The minimum Gasteiger partial charge on any atom is -0.296 e. The van der Waals surface area contributed by atoms with Crippen molar-refractivity contribution >= 4 is 17.2 Å². The summed E-state index contributed by atoms with van der Waals surface area (Å²) in [5, 5.41) is 9.24. The lowest BCUT2D eigenvalue weighted by Gasteiger charge is -2.30. The molecule has 3 rings (SSSR count). The van der Waals surface area contributed by atoms with Gasteiger partial charge in [-0.3, -0.25) is 9.30 Å². The van der Waals surface area contributed by atoms with Crippen LogP contribution in [0.1, 0.15) is 31.1 Å². The molecule has 1 saturated heterocycles. The van der Waals surface area contributed by atoms with Crippen LogP contribution in [-0.4, -0.2) is 33.1 Å². The zero-order valence-electron chi connectivity index (χ0n) is 9.80. The molecule has 1 aliphatic rings. The van der Waals surface area contributed by atoms with Crippen molar-refractivity contribution in [3.05, 3.63) is 29.2 Å². The Hall–Kier alpha value is -1.13. The number of hydrogen-bond acceptors (Lipinski definition) is 3. The lowest BCUT2D eigenvalue weighted by atomic mass is 10.0. The number of piperidine rings is 1. The van der Waals surface area contributed by atoms with E-state index in [1.165, 1.54) is 12.8 Å². The van der Waals surface area contributed by atoms with Crippen LogP contribution in [0.15, 0.2) is 18.3 Å². The van der Waals surface area contributed by atoms with Crippen LogP contribution >= 0.6 is 11.6 Å². The Bertz CT molecular complexity index is 536. The third-order valence-electron chi connectivity index (χ3n) is 3.46. The average molecular weight is 251 g/mol. The topological polar surface area (TPSA) is 33.4 Å². The maximum Gasteiger partial charge on any atom is 0.160 e. The maximum atomic E-state index is 6.03. The highest BCUT2D eigenvalue weighted by molar-refractivity contribution is 6.30. The van der Waals surface area contributed by atoms with Crippen LogP contribution in [-0.2, 0) is 0 Å². The lowest BCUT2D eigenvalue weighted by Crippen LogP contribution is -2.30. The van der Waals surface area contributed by atoms with Gasteiger partial charge in [-0.25, -0.2) is 0 Å². The molecule has 0 aromatic carbocycles. The van der Waals surface area contributed by atoms with Gasteiger partial charge in [0.05, 0.1) is 11.1 Å². The van der Waals surface area contributed by atoms with Gasteiger partial charge in [-0.2, -0.15) is 0 Å². The Kier molecular flexibility index (Phi) is 2.76. The number of likely N-dealkylation sites (tertiary alicyclic amines) is 1. The Morgan fingerprint density at radius 3 is 3.00 bits per heavy atom. The summed E-state index contributed by atoms with van der Waals surface area (Å²) in [4.78, 5) is 2.35. The largest absolute Gasteiger partial charge is 0.296 e. The van der Waals surface area contributed by atoms with Crippen molar-refractivity contribution in [2.75, 3.05) is 13.6 Å². The minimum atomic E-state index is 0.359. The molecule has 17 heavy (non-hydrogen) atoms. The predicted octanol–water partition coefficient (Wildman–Crippen LogP) is 2.54. The molecular formula is C12H15ClN4. The van der Waals surface area contributed by atoms with Crippen molar-refractivity contribution in [2.24, 2.45) is 0 Å². The quantitative estimate of drug-likeness (QED) is 0.780. The molecule has 2 aromatic heterocycles. The predicted molar refractivity (Wildman–Crippen MR) is 67.2 cm³/mol. The summed E-state index contributed by atoms with van der Waals surface area (Å²) in [5.74, 6) is 1.00. The van der Waals surface area contributed by atoms with Crippen LogP contribution in [0.3, 0.4) is 0 Å². The van der Waals surface area contributed by atoms with E-state index in [1.54, 1.807) is 0 Å². The summed E-state index contributed by atoms with van der Waals surface area (Å²) in [5.41, 5.74) is 0.864. The van der Waals surface area contributed by atoms with Gasteiger partial charge in [0.2, 0.25) is 0 Å². The Balaban J connectivity index is 2.07. The first-order chi connectivity index (χ1) is 8.25. The summed E-state index contributed by atoms with van der Waals surface area (Å²) in [6.45, 7) is 1.13. The number of rotatable bonds is 1. The molecule has 5 heteroatoms. The van der Waals surface area contributed by atoms with E-state index in [0.717, 1.165) is 29.5 Å². The van der Waals surface area contributed by atoms with Gasteiger partial charge in [0.25, 0.3) is 0 Å². The first kappa shape index (κ1) is 11.0. The van der Waals surface area contributed by atoms with Crippen molar-refractivity contribution in [2.45, 2.75) is 25.3 Å². The normalized spacial score (nSPS) is 22.1. The highest BCUT2D eigenvalue weighted by atomic mass is 35.5. The first-order valence-electron chi connectivity index (χ1n) is 5.96. The molecule has 0 spiro atoms. The van der Waals surface area contributed by atoms with Crippen molar-refractivity contribution < 1.29 is 0 Å². The van der Waals surface area contributed by atoms with E-state index >= 15 is 0 Å². The van der Waals surface area contributed by atoms with Gasteiger partial charge in [0.15, 0.2) is 11.5 Å². The second-order valence-corrected chi connectivity index (χ2v) is 5.06. The first-order valence-corrected chi connectivity index (χ1v) is 6.34. The fourth-order valence-corrected chi connectivity index (χ4v) is 2.67. The smallest absolute Gasteiger partial charge is 0.160 e. The molecule has 2 aromatic rings. The van der Waals surface area contributed by atoms with Gasteiger partial charge in [0.1, 0.15) is 0 Å². The molecule has 0 amide bonds. The van der Waals surface area contributed by atoms with E-state index in [2.05, 4.69) is 22.1 Å². The Morgan fingerprint density at radius 2 is 2.18 bits per heavy atom. The number of aromatic nitrogens is 3. The highest BCUT2D eigenvalue weighted by Gasteiger charge is 2.25. The fourth-order valence-electron chi connectivity index (χ4n) is 2.51. The molecule has 1 aliphatic heterocycles.